The average Bonchev–Trinajstić information content (AvgIpc) is 2.83. The third-order valence-corrected chi connectivity index (χ3v) is 3.23. The highest BCUT2D eigenvalue weighted by molar-refractivity contribution is 5.94. The van der Waals surface area contributed by atoms with Crippen molar-refractivity contribution >= 4 is 11.6 Å². The molecule has 5 nitrogen and oxygen atoms in total. The molecular weight excluding hydrogens is 252 g/mol. The molecule has 1 heterocycles. The van der Waals surface area contributed by atoms with E-state index in [1.807, 2.05) is 38.1 Å². The van der Waals surface area contributed by atoms with E-state index in [-0.39, 0.29) is 11.9 Å². The lowest BCUT2D eigenvalue weighted by atomic mass is 10.1. The molecule has 2 N–H and O–H groups in total. The molecule has 20 heavy (non-hydrogen) atoms. The Labute approximate surface area is 119 Å². The zero-order valence-corrected chi connectivity index (χ0v) is 12.1. The first kappa shape index (κ1) is 14.1. The summed E-state index contributed by atoms with van der Waals surface area (Å²) in [5.41, 5.74) is 8.21. The van der Waals surface area contributed by atoms with Crippen LogP contribution in [0.3, 0.4) is 0 Å². The van der Waals surface area contributed by atoms with Crippen molar-refractivity contribution in [3.63, 3.8) is 0 Å². The number of aromatic nitrogens is 2. The van der Waals surface area contributed by atoms with Crippen LogP contribution in [0.5, 0.6) is 0 Å². The first-order valence-corrected chi connectivity index (χ1v) is 6.62. The SMILES string of the molecule is CC(C)N(Cc1ccccc1N)C(=O)c1cnn(C)c1. The van der Waals surface area contributed by atoms with Crippen LogP contribution in [0.2, 0.25) is 0 Å². The van der Waals surface area contributed by atoms with E-state index < -0.39 is 0 Å². The van der Waals surface area contributed by atoms with Gasteiger partial charge >= 0.3 is 0 Å². The zero-order valence-electron chi connectivity index (χ0n) is 12.1. The Bertz CT molecular complexity index is 603. The van der Waals surface area contributed by atoms with Crippen LogP contribution in [0, 0.1) is 0 Å². The molecule has 2 rings (SSSR count). The summed E-state index contributed by atoms with van der Waals surface area (Å²) in [5.74, 6) is -0.0312. The van der Waals surface area contributed by atoms with Crippen LogP contribution in [-0.2, 0) is 13.6 Å². The Morgan fingerprint density at radius 2 is 2.10 bits per heavy atom. The number of hydrogen-bond donors (Lipinski definition) is 1. The van der Waals surface area contributed by atoms with Crippen molar-refractivity contribution < 1.29 is 4.79 Å². The number of nitrogens with two attached hydrogens (primary N) is 1. The highest BCUT2D eigenvalue weighted by atomic mass is 16.2. The molecule has 0 atom stereocenters. The summed E-state index contributed by atoms with van der Waals surface area (Å²) < 4.78 is 1.63. The quantitative estimate of drug-likeness (QED) is 0.866. The number of amides is 1. The molecule has 0 saturated heterocycles. The van der Waals surface area contributed by atoms with Crippen molar-refractivity contribution in [1.29, 1.82) is 0 Å². The van der Waals surface area contributed by atoms with Gasteiger partial charge in [-0.2, -0.15) is 5.10 Å². The third-order valence-electron chi connectivity index (χ3n) is 3.23. The fourth-order valence-corrected chi connectivity index (χ4v) is 2.05. The van der Waals surface area contributed by atoms with Crippen molar-refractivity contribution in [2.24, 2.45) is 7.05 Å². The van der Waals surface area contributed by atoms with E-state index >= 15 is 0 Å². The molecule has 2 aromatic rings. The number of hydrogen-bond acceptors (Lipinski definition) is 3. The summed E-state index contributed by atoms with van der Waals surface area (Å²) >= 11 is 0. The van der Waals surface area contributed by atoms with Gasteiger partial charge in [0.1, 0.15) is 0 Å². The predicted molar refractivity (Wildman–Crippen MR) is 79.1 cm³/mol. The smallest absolute Gasteiger partial charge is 0.257 e. The normalized spacial score (nSPS) is 10.8. The number of para-hydroxylation sites is 1. The lowest BCUT2D eigenvalue weighted by Gasteiger charge is -2.27. The van der Waals surface area contributed by atoms with Gasteiger partial charge in [-0.15, -0.1) is 0 Å². The summed E-state index contributed by atoms with van der Waals surface area (Å²) in [6.45, 7) is 4.48. The van der Waals surface area contributed by atoms with Crippen molar-refractivity contribution in [2.75, 3.05) is 5.73 Å². The maximum absolute atomic E-state index is 12.5. The van der Waals surface area contributed by atoms with Crippen LogP contribution in [-0.4, -0.2) is 26.6 Å². The van der Waals surface area contributed by atoms with E-state index in [0.717, 1.165) is 5.56 Å². The van der Waals surface area contributed by atoms with Gasteiger partial charge in [0.15, 0.2) is 0 Å². The predicted octanol–water partition coefficient (Wildman–Crippen LogP) is 2.05. The number of carbonyl (C=O) groups excluding carboxylic acids is 1. The number of aryl methyl sites for hydroxylation is 1. The molecule has 106 valence electrons. The molecule has 0 aliphatic heterocycles. The summed E-state index contributed by atoms with van der Waals surface area (Å²) in [5, 5.41) is 4.05. The standard InChI is InChI=1S/C15H20N4O/c1-11(2)19(10-12-6-4-5-7-14(12)16)15(20)13-8-17-18(3)9-13/h4-9,11H,10,16H2,1-3H3. The molecule has 0 spiro atoms. The molecule has 0 fully saturated rings. The molecule has 1 aromatic heterocycles. The van der Waals surface area contributed by atoms with Crippen LogP contribution < -0.4 is 5.73 Å². The van der Waals surface area contributed by atoms with Gasteiger partial charge in [0.25, 0.3) is 5.91 Å². The highest BCUT2D eigenvalue weighted by Crippen LogP contribution is 2.17. The largest absolute Gasteiger partial charge is 0.398 e. The lowest BCUT2D eigenvalue weighted by Crippen LogP contribution is -2.36. The van der Waals surface area contributed by atoms with E-state index in [1.165, 1.54) is 0 Å². The topological polar surface area (TPSA) is 64.2 Å². The molecule has 0 aliphatic carbocycles. The third kappa shape index (κ3) is 2.99. The Kier molecular flexibility index (Phi) is 4.08. The molecular formula is C15H20N4O. The molecule has 1 amide bonds. The second-order valence-electron chi connectivity index (χ2n) is 5.13. The van der Waals surface area contributed by atoms with Gasteiger partial charge in [0.05, 0.1) is 11.8 Å². The number of rotatable bonds is 4. The minimum atomic E-state index is -0.0312. The van der Waals surface area contributed by atoms with Gasteiger partial charge in [0.2, 0.25) is 0 Å². The second-order valence-corrected chi connectivity index (χ2v) is 5.13. The Balaban J connectivity index is 2.24. The van der Waals surface area contributed by atoms with Crippen molar-refractivity contribution in [3.8, 4) is 0 Å². The fourth-order valence-electron chi connectivity index (χ4n) is 2.05. The minimum Gasteiger partial charge on any atom is -0.398 e. The van der Waals surface area contributed by atoms with Gasteiger partial charge in [0, 0.05) is 31.5 Å². The summed E-state index contributed by atoms with van der Waals surface area (Å²) in [7, 11) is 1.80. The molecule has 0 aliphatic rings. The lowest BCUT2D eigenvalue weighted by molar-refractivity contribution is 0.0691. The number of anilines is 1. The van der Waals surface area contributed by atoms with Gasteiger partial charge in [-0.05, 0) is 25.5 Å². The second kappa shape index (κ2) is 5.77. The average molecular weight is 272 g/mol. The summed E-state index contributed by atoms with van der Waals surface area (Å²) in [6, 6.07) is 7.70. The van der Waals surface area contributed by atoms with Gasteiger partial charge in [-0.25, -0.2) is 0 Å². The van der Waals surface area contributed by atoms with E-state index in [0.29, 0.717) is 17.8 Å². The van der Waals surface area contributed by atoms with Gasteiger partial charge in [-0.1, -0.05) is 18.2 Å². The maximum Gasteiger partial charge on any atom is 0.257 e. The van der Waals surface area contributed by atoms with E-state index in [4.69, 9.17) is 5.73 Å². The number of carbonyl (C=O) groups is 1. The van der Waals surface area contributed by atoms with Crippen LogP contribution in [0.1, 0.15) is 29.8 Å². The Morgan fingerprint density at radius 3 is 2.65 bits per heavy atom. The Hall–Kier alpha value is -2.30. The highest BCUT2D eigenvalue weighted by Gasteiger charge is 2.20. The molecule has 0 bridgehead atoms. The first-order chi connectivity index (χ1) is 9.49. The van der Waals surface area contributed by atoms with Gasteiger partial charge < -0.3 is 10.6 Å². The first-order valence-electron chi connectivity index (χ1n) is 6.62. The maximum atomic E-state index is 12.5. The van der Waals surface area contributed by atoms with Crippen LogP contribution >= 0.6 is 0 Å². The number of nitrogen functional groups attached to an aromatic ring is 1. The molecule has 1 aromatic carbocycles. The van der Waals surface area contributed by atoms with E-state index in [9.17, 15) is 4.79 Å². The number of nitrogens with zero attached hydrogens (tertiary/aromatic N) is 3. The Morgan fingerprint density at radius 1 is 1.40 bits per heavy atom. The van der Waals surface area contributed by atoms with Crippen molar-refractivity contribution in [3.05, 3.63) is 47.8 Å². The number of benzene rings is 1. The van der Waals surface area contributed by atoms with Gasteiger partial charge in [-0.3, -0.25) is 9.48 Å². The van der Waals surface area contributed by atoms with Crippen LogP contribution in [0.15, 0.2) is 36.7 Å². The van der Waals surface area contributed by atoms with Crippen LogP contribution in [0.4, 0.5) is 5.69 Å². The zero-order chi connectivity index (χ0) is 14.7. The summed E-state index contributed by atoms with van der Waals surface area (Å²) in [6.07, 6.45) is 3.32. The fraction of sp³-hybridized carbons (Fsp3) is 0.333. The summed E-state index contributed by atoms with van der Waals surface area (Å²) in [4.78, 5) is 14.3. The van der Waals surface area contributed by atoms with Crippen molar-refractivity contribution in [1.82, 2.24) is 14.7 Å². The molecule has 0 unspecified atom stereocenters. The van der Waals surface area contributed by atoms with E-state index in [1.54, 1.807) is 29.0 Å². The monoisotopic (exact) mass is 272 g/mol. The van der Waals surface area contributed by atoms with E-state index in [2.05, 4.69) is 5.10 Å². The molecule has 0 radical (unpaired) electrons. The molecule has 5 heteroatoms. The van der Waals surface area contributed by atoms with Crippen molar-refractivity contribution in [2.45, 2.75) is 26.4 Å². The minimum absolute atomic E-state index is 0.0312. The molecule has 0 saturated carbocycles. The van der Waals surface area contributed by atoms with Crippen LogP contribution in [0.25, 0.3) is 0 Å².